The zero-order chi connectivity index (χ0) is 19.9. The molecular formula is C17H15Cl2N3O5. The van der Waals surface area contributed by atoms with E-state index in [0.29, 0.717) is 0 Å². The van der Waals surface area contributed by atoms with E-state index in [1.807, 2.05) is 0 Å². The molecule has 8 nitrogen and oxygen atoms in total. The summed E-state index contributed by atoms with van der Waals surface area (Å²) >= 11 is 11.9. The molecule has 0 spiro atoms. The summed E-state index contributed by atoms with van der Waals surface area (Å²) in [6.07, 6.45) is 0. The number of hydrogen-bond acceptors (Lipinski definition) is 5. The molecule has 0 aromatic heterocycles. The van der Waals surface area contributed by atoms with Crippen molar-refractivity contribution >= 4 is 47.0 Å². The van der Waals surface area contributed by atoms with Crippen molar-refractivity contribution in [3.63, 3.8) is 0 Å². The van der Waals surface area contributed by atoms with Gasteiger partial charge >= 0.3 is 12.0 Å². The van der Waals surface area contributed by atoms with Gasteiger partial charge < -0.3 is 15.4 Å². The molecule has 142 valence electrons. The number of nitrogens with one attached hydrogen (secondary N) is 2. The van der Waals surface area contributed by atoms with Crippen molar-refractivity contribution in [3.05, 3.63) is 44.6 Å². The van der Waals surface area contributed by atoms with Gasteiger partial charge in [-0.3, -0.25) is 14.5 Å². The van der Waals surface area contributed by atoms with E-state index in [9.17, 15) is 19.2 Å². The van der Waals surface area contributed by atoms with E-state index in [4.69, 9.17) is 27.9 Å². The Bertz CT molecular complexity index is 871. The van der Waals surface area contributed by atoms with Crippen molar-refractivity contribution in [3.8, 4) is 0 Å². The number of carbonyl (C=O) groups excluding carboxylic acids is 4. The highest BCUT2D eigenvalue weighted by molar-refractivity contribution is 6.43. The van der Waals surface area contributed by atoms with Crippen LogP contribution in [0.1, 0.15) is 34.6 Å². The Balaban J connectivity index is 1.98. The summed E-state index contributed by atoms with van der Waals surface area (Å²) < 4.78 is 5.02. The number of rotatable bonds is 4. The lowest BCUT2D eigenvalue weighted by molar-refractivity contribution is -0.139. The molecule has 0 saturated carbocycles. The van der Waals surface area contributed by atoms with Crippen LogP contribution >= 0.6 is 23.2 Å². The number of nitrogens with zero attached hydrogens (tertiary/aromatic N) is 1. The van der Waals surface area contributed by atoms with Crippen molar-refractivity contribution in [2.75, 3.05) is 13.2 Å². The number of carbonyl (C=O) groups is 4. The minimum absolute atomic E-state index is 0.112. The molecule has 0 radical (unpaired) electrons. The minimum Gasteiger partial charge on any atom is -0.463 e. The molecule has 0 saturated heterocycles. The summed E-state index contributed by atoms with van der Waals surface area (Å²) in [6, 6.07) is 1.45. The van der Waals surface area contributed by atoms with Gasteiger partial charge in [0.05, 0.1) is 51.6 Å². The topological polar surface area (TPSA) is 105 Å². The van der Waals surface area contributed by atoms with Gasteiger partial charge in [0.1, 0.15) is 0 Å². The maximum absolute atomic E-state index is 12.6. The normalized spacial score (nSPS) is 19.0. The average molecular weight is 412 g/mol. The molecule has 2 aliphatic heterocycles. The lowest BCUT2D eigenvalue weighted by Gasteiger charge is -2.28. The Morgan fingerprint density at radius 3 is 2.22 bits per heavy atom. The van der Waals surface area contributed by atoms with E-state index in [1.165, 1.54) is 12.1 Å². The number of urea groups is 1. The van der Waals surface area contributed by atoms with Crippen LogP contribution in [0.5, 0.6) is 0 Å². The van der Waals surface area contributed by atoms with Crippen LogP contribution in [-0.4, -0.2) is 47.9 Å². The quantitative estimate of drug-likeness (QED) is 0.582. The Morgan fingerprint density at radius 1 is 1.15 bits per heavy atom. The third-order valence-corrected chi connectivity index (χ3v) is 4.92. The van der Waals surface area contributed by atoms with Gasteiger partial charge in [-0.05, 0) is 26.0 Å². The summed E-state index contributed by atoms with van der Waals surface area (Å²) in [4.78, 5) is 50.3. The number of ether oxygens (including phenoxy) is 1. The van der Waals surface area contributed by atoms with Crippen molar-refractivity contribution in [1.82, 2.24) is 15.5 Å². The fourth-order valence-corrected chi connectivity index (χ4v) is 3.32. The van der Waals surface area contributed by atoms with E-state index in [1.54, 1.807) is 13.8 Å². The second-order valence-electron chi connectivity index (χ2n) is 5.94. The van der Waals surface area contributed by atoms with Crippen LogP contribution in [0.4, 0.5) is 4.79 Å². The fourth-order valence-electron chi connectivity index (χ4n) is 2.99. The molecule has 10 heteroatoms. The fraction of sp³-hybridized carbons (Fsp3) is 0.294. The lowest BCUT2D eigenvalue weighted by atomic mass is 10.0. The maximum Gasteiger partial charge on any atom is 0.337 e. The molecule has 1 aromatic rings. The van der Waals surface area contributed by atoms with Gasteiger partial charge in [-0.25, -0.2) is 9.59 Å². The van der Waals surface area contributed by atoms with Crippen LogP contribution in [0, 0.1) is 0 Å². The zero-order valence-electron chi connectivity index (χ0n) is 14.4. The third kappa shape index (κ3) is 3.38. The molecule has 3 rings (SSSR count). The average Bonchev–Trinajstić information content (AvgIpc) is 2.80. The van der Waals surface area contributed by atoms with Gasteiger partial charge in [0, 0.05) is 0 Å². The number of benzene rings is 1. The minimum atomic E-state index is -0.646. The number of fused-ring (bicyclic) bond motifs is 1. The van der Waals surface area contributed by atoms with E-state index >= 15 is 0 Å². The van der Waals surface area contributed by atoms with E-state index in [0.717, 1.165) is 4.90 Å². The zero-order valence-corrected chi connectivity index (χ0v) is 15.9. The van der Waals surface area contributed by atoms with Gasteiger partial charge in [-0.15, -0.1) is 0 Å². The Kier molecular flexibility index (Phi) is 5.12. The molecule has 4 amide bonds. The predicted octanol–water partition coefficient (Wildman–Crippen LogP) is 2.11. The summed E-state index contributed by atoms with van der Waals surface area (Å²) in [5.41, 5.74) is 0.488. The molecule has 1 aromatic carbocycles. The predicted molar refractivity (Wildman–Crippen MR) is 96.6 cm³/mol. The van der Waals surface area contributed by atoms with Crippen molar-refractivity contribution in [2.24, 2.45) is 0 Å². The van der Waals surface area contributed by atoms with E-state index in [2.05, 4.69) is 10.6 Å². The van der Waals surface area contributed by atoms with Gasteiger partial charge in [0.15, 0.2) is 0 Å². The smallest absolute Gasteiger partial charge is 0.337 e. The Labute approximate surface area is 164 Å². The van der Waals surface area contributed by atoms with Crippen molar-refractivity contribution in [1.29, 1.82) is 0 Å². The summed E-state index contributed by atoms with van der Waals surface area (Å²) in [5, 5.41) is 5.32. The Morgan fingerprint density at radius 2 is 1.70 bits per heavy atom. The summed E-state index contributed by atoms with van der Waals surface area (Å²) in [7, 11) is 0. The van der Waals surface area contributed by atoms with E-state index < -0.39 is 29.9 Å². The number of esters is 1. The maximum atomic E-state index is 12.6. The van der Waals surface area contributed by atoms with Gasteiger partial charge in [0.25, 0.3) is 11.8 Å². The van der Waals surface area contributed by atoms with Crippen LogP contribution < -0.4 is 10.6 Å². The molecule has 0 unspecified atom stereocenters. The summed E-state index contributed by atoms with van der Waals surface area (Å²) in [6.45, 7) is 3.09. The number of imide groups is 1. The van der Waals surface area contributed by atoms with Gasteiger partial charge in [-0.2, -0.15) is 0 Å². The third-order valence-electron chi connectivity index (χ3n) is 4.19. The highest BCUT2D eigenvalue weighted by Crippen LogP contribution is 2.32. The molecule has 1 atom stereocenters. The standard InChI is InChI=1S/C17H15Cl2N3O5/c1-3-27-16(25)13-7(2)20-17(26)21-12(13)6-22-14(23)8-4-10(18)11(19)5-9(8)15(22)24/h4-5,7H,3,6H2,1-2H3,(H2,20,21,26)/t7-/m0/s1. The van der Waals surface area contributed by atoms with Crippen LogP contribution in [0.15, 0.2) is 23.4 Å². The highest BCUT2D eigenvalue weighted by atomic mass is 35.5. The second-order valence-corrected chi connectivity index (χ2v) is 6.76. The van der Waals surface area contributed by atoms with Crippen LogP contribution in [0.3, 0.4) is 0 Å². The molecule has 0 bridgehead atoms. The lowest BCUT2D eigenvalue weighted by Crippen LogP contribution is -2.51. The monoisotopic (exact) mass is 411 g/mol. The molecular weight excluding hydrogens is 397 g/mol. The van der Waals surface area contributed by atoms with Crippen molar-refractivity contribution < 1.29 is 23.9 Å². The molecule has 2 aliphatic rings. The molecule has 2 N–H and O–H groups in total. The highest BCUT2D eigenvalue weighted by Gasteiger charge is 2.39. The van der Waals surface area contributed by atoms with Crippen molar-refractivity contribution in [2.45, 2.75) is 19.9 Å². The number of hydrogen-bond donors (Lipinski definition) is 2. The molecule has 27 heavy (non-hydrogen) atoms. The molecule has 0 fully saturated rings. The molecule has 0 aliphatic carbocycles. The largest absolute Gasteiger partial charge is 0.463 e. The summed E-state index contributed by atoms with van der Waals surface area (Å²) in [5.74, 6) is -1.83. The first-order valence-corrected chi connectivity index (χ1v) is 8.83. The van der Waals surface area contributed by atoms with Crippen LogP contribution in [0.25, 0.3) is 0 Å². The van der Waals surface area contributed by atoms with Gasteiger partial charge in [-0.1, -0.05) is 23.2 Å². The molecule has 2 heterocycles. The second kappa shape index (κ2) is 7.21. The van der Waals surface area contributed by atoms with E-state index in [-0.39, 0.29) is 45.6 Å². The Hall–Kier alpha value is -2.58. The first-order chi connectivity index (χ1) is 12.7. The SMILES string of the molecule is CCOC(=O)C1=C(CN2C(=O)c3cc(Cl)c(Cl)cc3C2=O)NC(=O)N[C@H]1C. The van der Waals surface area contributed by atoms with Crippen LogP contribution in [0.2, 0.25) is 10.0 Å². The van der Waals surface area contributed by atoms with Crippen LogP contribution in [-0.2, 0) is 9.53 Å². The van der Waals surface area contributed by atoms with Gasteiger partial charge in [0.2, 0.25) is 0 Å². The first kappa shape index (κ1) is 19.2. The number of amides is 4. The first-order valence-electron chi connectivity index (χ1n) is 8.07. The number of halogens is 2.